The number of nitrogens with one attached hydrogen (secondary N) is 1. The first kappa shape index (κ1) is 13.1. The summed E-state index contributed by atoms with van der Waals surface area (Å²) in [5.74, 6) is 1.11. The maximum atomic E-state index is 7.09. The van der Waals surface area contributed by atoms with E-state index >= 15 is 0 Å². The van der Waals surface area contributed by atoms with Crippen LogP contribution in [-0.4, -0.2) is 29.0 Å². The molecule has 6 nitrogen and oxygen atoms in total. The van der Waals surface area contributed by atoms with E-state index in [2.05, 4.69) is 25.1 Å². The number of aromatic nitrogens is 3. The largest absolute Gasteiger partial charge is 0.361 e. The average Bonchev–Trinajstić information content (AvgIpc) is 2.39. The zero-order chi connectivity index (χ0) is 13.8. The average molecular weight is 275 g/mol. The Bertz CT molecular complexity index is 634. The Kier molecular flexibility index (Phi) is 3.78. The molecule has 0 aliphatic rings. The summed E-state index contributed by atoms with van der Waals surface area (Å²) in [5, 5.41) is 3.15. The van der Waals surface area contributed by atoms with Gasteiger partial charge in [-0.15, -0.1) is 0 Å². The Morgan fingerprint density at radius 2 is 2.16 bits per heavy atom. The van der Waals surface area contributed by atoms with Crippen molar-refractivity contribution in [2.75, 3.05) is 24.3 Å². The van der Waals surface area contributed by atoms with Crippen molar-refractivity contribution in [2.24, 2.45) is 0 Å². The number of hydrogen-bond donors (Lipinski definition) is 1. The van der Waals surface area contributed by atoms with Gasteiger partial charge >= 0.3 is 0 Å². The minimum atomic E-state index is 0.0881. The maximum Gasteiger partial charge on any atom is 0.246 e. The molecular formula is C12H11ClN6. The number of rotatable bonds is 3. The van der Waals surface area contributed by atoms with Crippen molar-refractivity contribution in [1.29, 1.82) is 0 Å². The molecule has 0 saturated heterocycles. The van der Waals surface area contributed by atoms with E-state index in [1.807, 2.05) is 25.1 Å². The van der Waals surface area contributed by atoms with E-state index in [4.69, 9.17) is 18.2 Å². The van der Waals surface area contributed by atoms with E-state index < -0.39 is 0 Å². The van der Waals surface area contributed by atoms with Gasteiger partial charge in [0.25, 0.3) is 0 Å². The zero-order valence-corrected chi connectivity index (χ0v) is 11.2. The van der Waals surface area contributed by atoms with E-state index in [0.29, 0.717) is 11.5 Å². The van der Waals surface area contributed by atoms with Gasteiger partial charge in [-0.3, -0.25) is 0 Å². The molecule has 2 rings (SSSR count). The molecule has 96 valence electrons. The number of pyridine rings is 1. The normalized spacial score (nSPS) is 9.79. The summed E-state index contributed by atoms with van der Waals surface area (Å²) >= 11 is 5.75. The van der Waals surface area contributed by atoms with Gasteiger partial charge in [0.15, 0.2) is 5.82 Å². The molecule has 2 aromatic heterocycles. The third-order valence-corrected chi connectivity index (χ3v) is 2.51. The van der Waals surface area contributed by atoms with E-state index in [0.717, 1.165) is 11.5 Å². The van der Waals surface area contributed by atoms with Crippen LogP contribution in [0.5, 0.6) is 0 Å². The number of anilines is 3. The molecule has 0 unspecified atom stereocenters. The highest BCUT2D eigenvalue weighted by atomic mass is 35.5. The lowest BCUT2D eigenvalue weighted by molar-refractivity contribution is 1.07. The lowest BCUT2D eigenvalue weighted by atomic mass is 10.3. The summed E-state index contributed by atoms with van der Waals surface area (Å²) in [6.07, 6.45) is 3.08. The van der Waals surface area contributed by atoms with E-state index in [-0.39, 0.29) is 5.28 Å². The molecule has 0 amide bonds. The summed E-state index contributed by atoms with van der Waals surface area (Å²) < 4.78 is 0. The Morgan fingerprint density at radius 1 is 1.37 bits per heavy atom. The first-order chi connectivity index (χ1) is 9.11. The number of hydrogen-bond acceptors (Lipinski definition) is 5. The molecule has 2 aromatic rings. The number of nitrogens with zero attached hydrogens (tertiary/aromatic N) is 5. The molecular weight excluding hydrogens is 264 g/mol. The van der Waals surface area contributed by atoms with Crippen LogP contribution in [0, 0.1) is 6.57 Å². The van der Waals surface area contributed by atoms with Crippen molar-refractivity contribution < 1.29 is 0 Å². The molecule has 1 N–H and O–H groups in total. The summed E-state index contributed by atoms with van der Waals surface area (Å²) in [6.45, 7) is 7.09. The zero-order valence-electron chi connectivity index (χ0n) is 10.4. The van der Waals surface area contributed by atoms with Crippen LogP contribution in [0.3, 0.4) is 0 Å². The highest BCUT2D eigenvalue weighted by Crippen LogP contribution is 2.29. The molecule has 19 heavy (non-hydrogen) atoms. The third kappa shape index (κ3) is 2.89. The van der Waals surface area contributed by atoms with Crippen LogP contribution < -0.4 is 10.2 Å². The van der Waals surface area contributed by atoms with Gasteiger partial charge in [-0.2, -0.15) is 0 Å². The Morgan fingerprint density at radius 3 is 2.84 bits per heavy atom. The fourth-order valence-electron chi connectivity index (χ4n) is 1.51. The molecule has 0 aliphatic carbocycles. The molecule has 7 heteroatoms. The Labute approximate surface area is 115 Å². The highest BCUT2D eigenvalue weighted by Gasteiger charge is 2.10. The SMILES string of the molecule is [C-]#[N+]c1cnc(Cl)nc1Nc1cccnc1N(C)C. The minimum absolute atomic E-state index is 0.0881. The third-order valence-electron chi connectivity index (χ3n) is 2.32. The van der Waals surface area contributed by atoms with Crippen LogP contribution in [0.15, 0.2) is 24.5 Å². The van der Waals surface area contributed by atoms with Crippen molar-refractivity contribution >= 4 is 34.6 Å². The molecule has 0 radical (unpaired) electrons. The second-order valence-corrected chi connectivity index (χ2v) is 4.22. The first-order valence-corrected chi connectivity index (χ1v) is 5.79. The summed E-state index contributed by atoms with van der Waals surface area (Å²) in [7, 11) is 3.77. The summed E-state index contributed by atoms with van der Waals surface area (Å²) in [5.41, 5.74) is 1.05. The molecule has 0 aliphatic heterocycles. The Balaban J connectivity index is 2.42. The van der Waals surface area contributed by atoms with Crippen molar-refractivity contribution in [2.45, 2.75) is 0 Å². The van der Waals surface area contributed by atoms with E-state index in [9.17, 15) is 0 Å². The topological polar surface area (TPSA) is 58.3 Å². The number of halogens is 1. The van der Waals surface area contributed by atoms with Crippen LogP contribution in [-0.2, 0) is 0 Å². The predicted molar refractivity (Wildman–Crippen MR) is 75.2 cm³/mol. The summed E-state index contributed by atoms with van der Waals surface area (Å²) in [4.78, 5) is 17.3. The van der Waals surface area contributed by atoms with Crippen molar-refractivity contribution in [3.63, 3.8) is 0 Å². The second kappa shape index (κ2) is 5.50. The van der Waals surface area contributed by atoms with Crippen molar-refractivity contribution in [3.8, 4) is 0 Å². The van der Waals surface area contributed by atoms with Gasteiger partial charge < -0.3 is 10.2 Å². The smallest absolute Gasteiger partial charge is 0.246 e. The van der Waals surface area contributed by atoms with Gasteiger partial charge in [0, 0.05) is 26.5 Å². The van der Waals surface area contributed by atoms with Gasteiger partial charge in [-0.25, -0.2) is 19.8 Å². The van der Waals surface area contributed by atoms with E-state index in [1.165, 1.54) is 6.20 Å². The second-order valence-electron chi connectivity index (χ2n) is 3.88. The highest BCUT2D eigenvalue weighted by molar-refractivity contribution is 6.28. The Hall–Kier alpha value is -2.39. The van der Waals surface area contributed by atoms with Gasteiger partial charge in [0.05, 0.1) is 12.3 Å². The van der Waals surface area contributed by atoms with Crippen LogP contribution >= 0.6 is 11.6 Å². The van der Waals surface area contributed by atoms with Crippen LogP contribution in [0.4, 0.5) is 23.0 Å². The van der Waals surface area contributed by atoms with Crippen molar-refractivity contribution in [3.05, 3.63) is 41.2 Å². The van der Waals surface area contributed by atoms with E-state index in [1.54, 1.807) is 12.3 Å². The lowest BCUT2D eigenvalue weighted by Gasteiger charge is -2.16. The fraction of sp³-hybridized carbons (Fsp3) is 0.167. The van der Waals surface area contributed by atoms with Gasteiger partial charge in [0.2, 0.25) is 11.0 Å². The minimum Gasteiger partial charge on any atom is -0.361 e. The van der Waals surface area contributed by atoms with Gasteiger partial charge in [-0.05, 0) is 23.7 Å². The first-order valence-electron chi connectivity index (χ1n) is 5.41. The molecule has 0 fully saturated rings. The van der Waals surface area contributed by atoms with Crippen LogP contribution in [0.2, 0.25) is 5.28 Å². The quantitative estimate of drug-likeness (QED) is 0.689. The van der Waals surface area contributed by atoms with Crippen LogP contribution in [0.25, 0.3) is 4.85 Å². The molecule has 0 aromatic carbocycles. The predicted octanol–water partition coefficient (Wildman–Crippen LogP) is 2.89. The standard InChI is InChI=1S/C12H11ClN6/c1-14-9-7-16-12(13)18-10(9)17-8-5-4-6-15-11(8)19(2)3/h4-7H,2-3H3,(H,16,17,18). The molecule has 0 spiro atoms. The lowest BCUT2D eigenvalue weighted by Crippen LogP contribution is -2.12. The van der Waals surface area contributed by atoms with Gasteiger partial charge in [-0.1, -0.05) is 0 Å². The molecule has 0 atom stereocenters. The molecule has 0 bridgehead atoms. The molecule has 2 heterocycles. The fourth-order valence-corrected chi connectivity index (χ4v) is 1.64. The summed E-state index contributed by atoms with van der Waals surface area (Å²) in [6, 6.07) is 3.65. The molecule has 0 saturated carbocycles. The van der Waals surface area contributed by atoms with Crippen LogP contribution in [0.1, 0.15) is 0 Å². The maximum absolute atomic E-state index is 7.09. The van der Waals surface area contributed by atoms with Crippen molar-refractivity contribution in [1.82, 2.24) is 15.0 Å². The van der Waals surface area contributed by atoms with Gasteiger partial charge in [0.1, 0.15) is 5.82 Å². The monoisotopic (exact) mass is 274 g/mol.